The molecule has 2 aliphatic rings. The van der Waals surface area contributed by atoms with Crippen molar-refractivity contribution >= 4 is 11.6 Å². The lowest BCUT2D eigenvalue weighted by atomic mass is 10.1. The molecule has 0 amide bonds. The molecule has 6 heteroatoms. The molecule has 1 atom stereocenters. The Bertz CT molecular complexity index is 429. The van der Waals surface area contributed by atoms with Crippen LogP contribution in [0.5, 0.6) is 0 Å². The quantitative estimate of drug-likeness (QED) is 0.553. The number of hydrogen-bond acceptors (Lipinski definition) is 6. The number of aromatic nitrogens is 2. The number of nitrogens with one attached hydrogen (secondary N) is 2. The molecule has 4 N–H and O–H groups in total. The normalized spacial score (nSPS) is 23.1. The van der Waals surface area contributed by atoms with Crippen molar-refractivity contribution in [3.63, 3.8) is 0 Å². The summed E-state index contributed by atoms with van der Waals surface area (Å²) in [5.74, 6) is 8.36. The first-order chi connectivity index (χ1) is 9.35. The summed E-state index contributed by atoms with van der Waals surface area (Å²) in [6.45, 7) is 1.67. The molecule has 0 spiro atoms. The first-order valence-electron chi connectivity index (χ1n) is 7.06. The maximum absolute atomic E-state index is 5.70. The first kappa shape index (κ1) is 12.6. The summed E-state index contributed by atoms with van der Waals surface area (Å²) >= 11 is 0. The molecule has 1 aliphatic heterocycles. The number of hydrogen-bond donors (Lipinski definition) is 3. The number of nitrogens with zero attached hydrogens (tertiary/aromatic N) is 2. The van der Waals surface area contributed by atoms with Gasteiger partial charge in [0, 0.05) is 25.1 Å². The van der Waals surface area contributed by atoms with Gasteiger partial charge in [0.05, 0.1) is 6.10 Å². The molecular formula is C13H21N5O. The van der Waals surface area contributed by atoms with Crippen LogP contribution in [0.25, 0.3) is 0 Å². The number of rotatable bonds is 5. The zero-order chi connectivity index (χ0) is 13.1. The highest BCUT2D eigenvalue weighted by atomic mass is 16.5. The SMILES string of the molecule is NNc1cc(NCC2CCCCO2)nc(C2CC2)n1. The molecular weight excluding hydrogens is 242 g/mol. The van der Waals surface area contributed by atoms with Gasteiger partial charge in [-0.3, -0.25) is 0 Å². The van der Waals surface area contributed by atoms with Gasteiger partial charge in [0.15, 0.2) is 0 Å². The van der Waals surface area contributed by atoms with E-state index in [-0.39, 0.29) is 0 Å². The number of nitrogen functional groups attached to an aromatic ring is 1. The zero-order valence-electron chi connectivity index (χ0n) is 11.1. The van der Waals surface area contributed by atoms with E-state index in [1.807, 2.05) is 6.07 Å². The van der Waals surface area contributed by atoms with Gasteiger partial charge in [-0.25, -0.2) is 15.8 Å². The van der Waals surface area contributed by atoms with E-state index >= 15 is 0 Å². The van der Waals surface area contributed by atoms with Gasteiger partial charge in [-0.1, -0.05) is 0 Å². The van der Waals surface area contributed by atoms with Gasteiger partial charge in [0.25, 0.3) is 0 Å². The van der Waals surface area contributed by atoms with Crippen LogP contribution in [0, 0.1) is 0 Å². The summed E-state index contributed by atoms with van der Waals surface area (Å²) in [7, 11) is 0. The van der Waals surface area contributed by atoms with Gasteiger partial charge < -0.3 is 15.5 Å². The van der Waals surface area contributed by atoms with Crippen molar-refractivity contribution in [3.05, 3.63) is 11.9 Å². The van der Waals surface area contributed by atoms with E-state index in [0.717, 1.165) is 31.2 Å². The smallest absolute Gasteiger partial charge is 0.145 e. The highest BCUT2D eigenvalue weighted by Gasteiger charge is 2.27. The second kappa shape index (κ2) is 5.71. The van der Waals surface area contributed by atoms with Crippen LogP contribution in [-0.2, 0) is 4.74 Å². The highest BCUT2D eigenvalue weighted by molar-refractivity contribution is 5.47. The fraction of sp³-hybridized carbons (Fsp3) is 0.692. The van der Waals surface area contributed by atoms with Crippen molar-refractivity contribution in [1.29, 1.82) is 0 Å². The van der Waals surface area contributed by atoms with Crippen molar-refractivity contribution in [2.24, 2.45) is 5.84 Å². The van der Waals surface area contributed by atoms with E-state index in [0.29, 0.717) is 17.8 Å². The average molecular weight is 263 g/mol. The molecule has 3 rings (SSSR count). The van der Waals surface area contributed by atoms with Gasteiger partial charge in [-0.15, -0.1) is 0 Å². The molecule has 1 saturated heterocycles. The van der Waals surface area contributed by atoms with Crippen LogP contribution in [0.3, 0.4) is 0 Å². The Morgan fingerprint density at radius 1 is 1.21 bits per heavy atom. The third kappa shape index (κ3) is 3.33. The van der Waals surface area contributed by atoms with Crippen molar-refractivity contribution in [2.75, 3.05) is 23.9 Å². The largest absolute Gasteiger partial charge is 0.376 e. The zero-order valence-corrected chi connectivity index (χ0v) is 11.1. The Hall–Kier alpha value is -1.40. The lowest BCUT2D eigenvalue weighted by Crippen LogP contribution is -2.27. The molecule has 2 heterocycles. The molecule has 1 aliphatic carbocycles. The summed E-state index contributed by atoms with van der Waals surface area (Å²) < 4.78 is 5.70. The van der Waals surface area contributed by atoms with Crippen molar-refractivity contribution in [3.8, 4) is 0 Å². The minimum absolute atomic E-state index is 0.294. The first-order valence-corrected chi connectivity index (χ1v) is 7.06. The third-order valence-corrected chi connectivity index (χ3v) is 3.62. The highest BCUT2D eigenvalue weighted by Crippen LogP contribution is 2.38. The van der Waals surface area contributed by atoms with Crippen LogP contribution in [0.1, 0.15) is 43.8 Å². The predicted molar refractivity (Wildman–Crippen MR) is 73.9 cm³/mol. The molecule has 0 radical (unpaired) electrons. The van der Waals surface area contributed by atoms with E-state index in [1.165, 1.54) is 25.7 Å². The van der Waals surface area contributed by atoms with Crippen molar-refractivity contribution in [1.82, 2.24) is 9.97 Å². The molecule has 1 aromatic rings. The van der Waals surface area contributed by atoms with Crippen LogP contribution in [0.2, 0.25) is 0 Å². The second-order valence-corrected chi connectivity index (χ2v) is 5.28. The summed E-state index contributed by atoms with van der Waals surface area (Å²) in [6.07, 6.45) is 6.20. The van der Waals surface area contributed by atoms with E-state index < -0.39 is 0 Å². The number of nitrogens with two attached hydrogens (primary N) is 1. The topological polar surface area (TPSA) is 85.1 Å². The summed E-state index contributed by atoms with van der Waals surface area (Å²) in [4.78, 5) is 8.94. The molecule has 1 aromatic heterocycles. The molecule has 19 heavy (non-hydrogen) atoms. The molecule has 0 aromatic carbocycles. The van der Waals surface area contributed by atoms with Gasteiger partial charge in [0.2, 0.25) is 0 Å². The lowest BCUT2D eigenvalue weighted by molar-refractivity contribution is 0.0247. The number of hydrazine groups is 1. The van der Waals surface area contributed by atoms with E-state index in [1.54, 1.807) is 0 Å². The monoisotopic (exact) mass is 263 g/mol. The standard InChI is InChI=1S/C13H21N5O/c14-18-12-7-11(16-13(17-12)9-4-5-9)15-8-10-3-1-2-6-19-10/h7,9-10H,1-6,8,14H2,(H2,15,16,17,18). The Morgan fingerprint density at radius 3 is 2.74 bits per heavy atom. The Balaban J connectivity index is 1.63. The molecule has 1 unspecified atom stereocenters. The third-order valence-electron chi connectivity index (χ3n) is 3.62. The average Bonchev–Trinajstić information content (AvgIpc) is 3.30. The lowest BCUT2D eigenvalue weighted by Gasteiger charge is -2.23. The van der Waals surface area contributed by atoms with E-state index in [4.69, 9.17) is 10.6 Å². The van der Waals surface area contributed by atoms with Gasteiger partial charge in [-0.05, 0) is 32.1 Å². The van der Waals surface area contributed by atoms with E-state index in [9.17, 15) is 0 Å². The second-order valence-electron chi connectivity index (χ2n) is 5.28. The summed E-state index contributed by atoms with van der Waals surface area (Å²) in [5.41, 5.74) is 2.61. The van der Waals surface area contributed by atoms with Crippen LogP contribution in [0.4, 0.5) is 11.6 Å². The van der Waals surface area contributed by atoms with Crippen LogP contribution in [0.15, 0.2) is 6.07 Å². The van der Waals surface area contributed by atoms with Crippen LogP contribution in [-0.4, -0.2) is 29.2 Å². The summed E-state index contributed by atoms with van der Waals surface area (Å²) in [5, 5.41) is 3.34. The Labute approximate surface area is 113 Å². The molecule has 6 nitrogen and oxygen atoms in total. The van der Waals surface area contributed by atoms with Crippen LogP contribution >= 0.6 is 0 Å². The Morgan fingerprint density at radius 2 is 2.05 bits per heavy atom. The minimum atomic E-state index is 0.294. The minimum Gasteiger partial charge on any atom is -0.376 e. The number of anilines is 2. The molecule has 104 valence electrons. The maximum Gasteiger partial charge on any atom is 0.145 e. The molecule has 1 saturated carbocycles. The van der Waals surface area contributed by atoms with Crippen molar-refractivity contribution in [2.45, 2.75) is 44.1 Å². The van der Waals surface area contributed by atoms with Gasteiger partial charge >= 0.3 is 0 Å². The fourth-order valence-electron chi connectivity index (χ4n) is 2.34. The van der Waals surface area contributed by atoms with Gasteiger partial charge in [-0.2, -0.15) is 0 Å². The van der Waals surface area contributed by atoms with Crippen LogP contribution < -0.4 is 16.6 Å². The fourth-order valence-corrected chi connectivity index (χ4v) is 2.34. The van der Waals surface area contributed by atoms with Gasteiger partial charge in [0.1, 0.15) is 17.5 Å². The predicted octanol–water partition coefficient (Wildman–Crippen LogP) is 1.62. The molecule has 2 fully saturated rings. The summed E-state index contributed by atoms with van der Waals surface area (Å²) in [6, 6.07) is 1.84. The molecule has 0 bridgehead atoms. The maximum atomic E-state index is 5.70. The van der Waals surface area contributed by atoms with E-state index in [2.05, 4.69) is 20.7 Å². The van der Waals surface area contributed by atoms with Crippen molar-refractivity contribution < 1.29 is 4.74 Å². The Kier molecular flexibility index (Phi) is 3.79. The number of ether oxygens (including phenoxy) is 1.